The van der Waals surface area contributed by atoms with Gasteiger partial charge in [-0.3, -0.25) is 10.0 Å². The number of rotatable bonds is 12. The fraction of sp³-hybridized carbons (Fsp3) is 0.220. The Kier molecular flexibility index (Phi) is 9.52. The lowest BCUT2D eigenvalue weighted by molar-refractivity contribution is 0.0431. The van der Waals surface area contributed by atoms with E-state index in [0.29, 0.717) is 32.5 Å². The van der Waals surface area contributed by atoms with Crippen LogP contribution < -0.4 is 30.3 Å². The van der Waals surface area contributed by atoms with Crippen LogP contribution in [0.25, 0.3) is 0 Å². The molecule has 4 heterocycles. The molecule has 2 aromatic heterocycles. The predicted molar refractivity (Wildman–Crippen MR) is 204 cm³/mol. The highest BCUT2D eigenvalue weighted by atomic mass is 32.1. The summed E-state index contributed by atoms with van der Waals surface area (Å²) in [6, 6.07) is 43.6. The highest BCUT2D eigenvalue weighted by Crippen LogP contribution is 2.45. The van der Waals surface area contributed by atoms with E-state index in [0.717, 1.165) is 34.0 Å². The predicted octanol–water partition coefficient (Wildman–Crippen LogP) is 8.26. The summed E-state index contributed by atoms with van der Waals surface area (Å²) in [5.74, 6) is 1.47. The SMILES string of the molecule is OC1(c2ccc(OCCCOc3ccc(C4(O)CC(c5cccs5)NN4c4ccccc4)cc3)cc2)CC(c2cccs2)NN1c1ccccc1. The number of hydrazine groups is 2. The second-order valence-corrected chi connectivity index (χ2v) is 14.8. The second kappa shape index (κ2) is 14.5. The van der Waals surface area contributed by atoms with Gasteiger partial charge in [0.05, 0.1) is 36.7 Å². The normalized spacial score (nSPS) is 23.1. The van der Waals surface area contributed by atoms with E-state index in [2.05, 4.69) is 33.7 Å². The third-order valence-electron chi connectivity index (χ3n) is 9.55. The van der Waals surface area contributed by atoms with Gasteiger partial charge in [0.2, 0.25) is 0 Å². The lowest BCUT2D eigenvalue weighted by Gasteiger charge is -2.34. The number of thiophene rings is 2. The zero-order valence-electron chi connectivity index (χ0n) is 28.0. The van der Waals surface area contributed by atoms with E-state index < -0.39 is 11.4 Å². The second-order valence-electron chi connectivity index (χ2n) is 12.9. The van der Waals surface area contributed by atoms with E-state index in [1.807, 2.05) is 131 Å². The fourth-order valence-corrected chi connectivity index (χ4v) is 8.52. The van der Waals surface area contributed by atoms with Crippen molar-refractivity contribution in [3.05, 3.63) is 165 Å². The van der Waals surface area contributed by atoms with Gasteiger partial charge >= 0.3 is 0 Å². The molecule has 8 nitrogen and oxygen atoms in total. The van der Waals surface area contributed by atoms with Crippen LogP contribution in [0.15, 0.2) is 144 Å². The average molecular weight is 717 g/mol. The molecule has 0 amide bonds. The van der Waals surface area contributed by atoms with Crippen molar-refractivity contribution in [1.82, 2.24) is 10.9 Å². The third-order valence-corrected chi connectivity index (χ3v) is 11.5. The van der Waals surface area contributed by atoms with Crippen molar-refractivity contribution in [1.29, 1.82) is 0 Å². The summed E-state index contributed by atoms with van der Waals surface area (Å²) in [5.41, 5.74) is 8.02. The first-order chi connectivity index (χ1) is 25.0. The molecule has 4 aromatic carbocycles. The zero-order chi connectivity index (χ0) is 34.7. The number of para-hydroxylation sites is 2. The first kappa shape index (κ1) is 33.5. The minimum atomic E-state index is -1.23. The molecule has 2 fully saturated rings. The number of nitrogens with zero attached hydrogens (tertiary/aromatic N) is 2. The molecule has 0 bridgehead atoms. The summed E-state index contributed by atoms with van der Waals surface area (Å²) in [6.45, 7) is 0.975. The van der Waals surface area contributed by atoms with Crippen molar-refractivity contribution in [3.8, 4) is 11.5 Å². The Morgan fingerprint density at radius 1 is 0.549 bits per heavy atom. The van der Waals surface area contributed by atoms with E-state index in [1.165, 1.54) is 9.75 Å². The van der Waals surface area contributed by atoms with Gasteiger partial charge in [-0.2, -0.15) is 0 Å². The van der Waals surface area contributed by atoms with Crippen LogP contribution >= 0.6 is 22.7 Å². The molecule has 4 N–H and O–H groups in total. The quantitative estimate of drug-likeness (QED) is 0.0943. The van der Waals surface area contributed by atoms with E-state index in [4.69, 9.17) is 9.47 Å². The molecular weight excluding hydrogens is 677 g/mol. The molecule has 0 spiro atoms. The lowest BCUT2D eigenvalue weighted by Crippen LogP contribution is -2.46. The Labute approximate surface area is 306 Å². The van der Waals surface area contributed by atoms with Crippen LogP contribution in [0.4, 0.5) is 11.4 Å². The van der Waals surface area contributed by atoms with Gasteiger partial charge in [0, 0.05) is 40.1 Å². The van der Waals surface area contributed by atoms with Crippen LogP contribution in [0.5, 0.6) is 11.5 Å². The minimum Gasteiger partial charge on any atom is -0.493 e. The topological polar surface area (TPSA) is 89.5 Å². The first-order valence-corrected chi connectivity index (χ1v) is 19.0. The van der Waals surface area contributed by atoms with Crippen LogP contribution in [0.1, 0.15) is 52.2 Å². The van der Waals surface area contributed by atoms with E-state index in [9.17, 15) is 10.2 Å². The smallest absolute Gasteiger partial charge is 0.179 e. The summed E-state index contributed by atoms with van der Waals surface area (Å²) in [4.78, 5) is 2.37. The van der Waals surface area contributed by atoms with Gasteiger partial charge in [0.1, 0.15) is 11.5 Å². The van der Waals surface area contributed by atoms with Crippen LogP contribution in [0, 0.1) is 0 Å². The van der Waals surface area contributed by atoms with Crippen molar-refractivity contribution in [2.45, 2.75) is 42.8 Å². The van der Waals surface area contributed by atoms with Crippen LogP contribution in [0.2, 0.25) is 0 Å². The molecule has 4 unspecified atom stereocenters. The maximum atomic E-state index is 12.1. The van der Waals surface area contributed by atoms with Gasteiger partial charge < -0.3 is 19.7 Å². The first-order valence-electron chi connectivity index (χ1n) is 17.2. The van der Waals surface area contributed by atoms with Crippen LogP contribution in [0.3, 0.4) is 0 Å². The molecule has 2 saturated heterocycles. The number of benzene rings is 4. The van der Waals surface area contributed by atoms with Crippen molar-refractivity contribution in [2.24, 2.45) is 0 Å². The Hall–Kier alpha value is -4.68. The average Bonchev–Trinajstić information content (AvgIpc) is 4.00. The van der Waals surface area contributed by atoms with Crippen molar-refractivity contribution < 1.29 is 19.7 Å². The number of nitrogens with one attached hydrogen (secondary N) is 2. The van der Waals surface area contributed by atoms with Gasteiger partial charge in [0.15, 0.2) is 11.4 Å². The Balaban J connectivity index is 0.865. The molecule has 2 aliphatic rings. The molecule has 0 aliphatic carbocycles. The summed E-state index contributed by atoms with van der Waals surface area (Å²) in [6.07, 6.45) is 1.72. The Morgan fingerprint density at radius 2 is 0.961 bits per heavy atom. The molecule has 6 aromatic rings. The molecule has 0 radical (unpaired) electrons. The van der Waals surface area contributed by atoms with E-state index in [-0.39, 0.29) is 12.1 Å². The molecule has 0 saturated carbocycles. The van der Waals surface area contributed by atoms with Crippen molar-refractivity contribution in [3.63, 3.8) is 0 Å². The van der Waals surface area contributed by atoms with Gasteiger partial charge in [0.25, 0.3) is 0 Å². The number of anilines is 2. The lowest BCUT2D eigenvalue weighted by atomic mass is 9.96. The summed E-state index contributed by atoms with van der Waals surface area (Å²) >= 11 is 3.37. The molecule has 51 heavy (non-hydrogen) atoms. The zero-order valence-corrected chi connectivity index (χ0v) is 29.6. The minimum absolute atomic E-state index is 0.000409. The van der Waals surface area contributed by atoms with Crippen molar-refractivity contribution >= 4 is 34.0 Å². The maximum Gasteiger partial charge on any atom is 0.179 e. The Morgan fingerprint density at radius 3 is 1.33 bits per heavy atom. The number of aliphatic hydroxyl groups is 2. The molecule has 260 valence electrons. The number of hydrogen-bond acceptors (Lipinski definition) is 10. The van der Waals surface area contributed by atoms with Gasteiger partial charge in [-0.05, 0) is 71.4 Å². The fourth-order valence-electron chi connectivity index (χ4n) is 6.98. The molecule has 4 atom stereocenters. The van der Waals surface area contributed by atoms with Crippen molar-refractivity contribution in [2.75, 3.05) is 23.2 Å². The maximum absolute atomic E-state index is 12.1. The van der Waals surface area contributed by atoms with Gasteiger partial charge in [-0.15, -0.1) is 22.7 Å². The van der Waals surface area contributed by atoms with Crippen LogP contribution in [-0.2, 0) is 11.4 Å². The largest absolute Gasteiger partial charge is 0.493 e. The summed E-state index contributed by atoms with van der Waals surface area (Å²) < 4.78 is 12.1. The number of ether oxygens (including phenoxy) is 2. The monoisotopic (exact) mass is 716 g/mol. The molecule has 8 rings (SSSR count). The highest BCUT2D eigenvalue weighted by molar-refractivity contribution is 7.10. The summed E-state index contributed by atoms with van der Waals surface area (Å²) in [5, 5.41) is 32.1. The standard InChI is InChI=1S/C41H40N4O4S2/c46-40(28-36(38-14-7-26-50-38)42-44(40)32-10-3-1-4-11-32)30-16-20-34(21-17-30)48-24-9-25-49-35-22-18-31(19-23-35)41(47)29-37(39-15-8-27-51-39)43-45(41)33-12-5-2-6-13-33/h1-8,10-23,26-27,36-37,42-43,46-47H,9,24-25,28-29H2. The van der Waals surface area contributed by atoms with Gasteiger partial charge in [-0.25, -0.2) is 10.9 Å². The summed E-state index contributed by atoms with van der Waals surface area (Å²) in [7, 11) is 0. The van der Waals surface area contributed by atoms with Crippen LogP contribution in [-0.4, -0.2) is 23.4 Å². The molecule has 2 aliphatic heterocycles. The van der Waals surface area contributed by atoms with Gasteiger partial charge in [-0.1, -0.05) is 72.8 Å². The number of hydrogen-bond donors (Lipinski definition) is 4. The third kappa shape index (κ3) is 6.86. The van der Waals surface area contributed by atoms with E-state index >= 15 is 0 Å². The van der Waals surface area contributed by atoms with E-state index in [1.54, 1.807) is 22.7 Å². The molecular formula is C41H40N4O4S2. The Bertz CT molecular complexity index is 1830. The molecule has 10 heteroatoms. The highest BCUT2D eigenvalue weighted by Gasteiger charge is 2.48.